The fourth-order valence-electron chi connectivity index (χ4n) is 2.20. The van der Waals surface area contributed by atoms with Gasteiger partial charge in [-0.25, -0.2) is 4.79 Å². The van der Waals surface area contributed by atoms with Gasteiger partial charge in [-0.1, -0.05) is 35.9 Å². The summed E-state index contributed by atoms with van der Waals surface area (Å²) in [6, 6.07) is 12.3. The van der Waals surface area contributed by atoms with Crippen LogP contribution in [0.15, 0.2) is 42.5 Å². The normalized spacial score (nSPS) is 10.2. The van der Waals surface area contributed by atoms with Gasteiger partial charge in [-0.2, -0.15) is 0 Å². The van der Waals surface area contributed by atoms with E-state index in [-0.39, 0.29) is 17.9 Å². The molecule has 0 radical (unpaired) electrons. The van der Waals surface area contributed by atoms with E-state index in [4.69, 9.17) is 5.11 Å². The number of rotatable bonds is 4. The highest BCUT2D eigenvalue weighted by Gasteiger charge is 2.13. The van der Waals surface area contributed by atoms with Gasteiger partial charge in [0.2, 0.25) is 5.91 Å². The number of aromatic carboxylic acids is 1. The summed E-state index contributed by atoms with van der Waals surface area (Å²) >= 11 is 0. The van der Waals surface area contributed by atoms with E-state index in [9.17, 15) is 9.59 Å². The summed E-state index contributed by atoms with van der Waals surface area (Å²) in [6.07, 6.45) is 0.0375. The summed E-state index contributed by atoms with van der Waals surface area (Å²) in [5, 5.41) is 11.9. The first-order chi connectivity index (χ1) is 9.97. The highest BCUT2D eigenvalue weighted by atomic mass is 16.4. The maximum atomic E-state index is 12.1. The van der Waals surface area contributed by atoms with Crippen LogP contribution in [0.4, 0.5) is 5.69 Å². The molecule has 0 atom stereocenters. The Morgan fingerprint density at radius 3 is 2.48 bits per heavy atom. The topological polar surface area (TPSA) is 66.4 Å². The lowest BCUT2D eigenvalue weighted by Crippen LogP contribution is -2.17. The molecule has 0 bridgehead atoms. The van der Waals surface area contributed by atoms with Crippen molar-refractivity contribution in [1.29, 1.82) is 0 Å². The zero-order valence-electron chi connectivity index (χ0n) is 12.0. The molecule has 0 saturated heterocycles. The molecule has 0 unspecified atom stereocenters. The minimum absolute atomic E-state index is 0.0375. The minimum atomic E-state index is -1.02. The maximum Gasteiger partial charge on any atom is 0.335 e. The van der Waals surface area contributed by atoms with E-state index < -0.39 is 5.97 Å². The number of carbonyl (C=O) groups is 2. The quantitative estimate of drug-likeness (QED) is 0.905. The van der Waals surface area contributed by atoms with Crippen molar-refractivity contribution in [2.24, 2.45) is 0 Å². The molecular formula is C17H17NO3. The molecule has 0 heterocycles. The second-order valence-electron chi connectivity index (χ2n) is 5.01. The van der Waals surface area contributed by atoms with Crippen LogP contribution < -0.4 is 5.32 Å². The molecule has 2 aromatic rings. The summed E-state index contributed by atoms with van der Waals surface area (Å²) in [5.74, 6) is -1.25. The number of carboxylic acid groups (broad SMARTS) is 1. The Kier molecular flexibility index (Phi) is 4.38. The van der Waals surface area contributed by atoms with Gasteiger partial charge in [0.1, 0.15) is 0 Å². The van der Waals surface area contributed by atoms with Crippen LogP contribution >= 0.6 is 0 Å². The molecule has 2 rings (SSSR count). The zero-order valence-corrected chi connectivity index (χ0v) is 12.0. The van der Waals surface area contributed by atoms with E-state index in [1.54, 1.807) is 18.2 Å². The minimum Gasteiger partial charge on any atom is -0.478 e. The van der Waals surface area contributed by atoms with E-state index in [0.717, 1.165) is 16.8 Å². The fraction of sp³-hybridized carbons (Fsp3) is 0.176. The monoisotopic (exact) mass is 283 g/mol. The average molecular weight is 283 g/mol. The summed E-state index contributed by atoms with van der Waals surface area (Å²) in [5.41, 5.74) is 3.52. The van der Waals surface area contributed by atoms with Crippen molar-refractivity contribution in [3.8, 4) is 0 Å². The first-order valence-corrected chi connectivity index (χ1v) is 6.65. The molecule has 0 saturated carbocycles. The molecule has 2 aromatic carbocycles. The highest BCUT2D eigenvalue weighted by molar-refractivity contribution is 5.96. The Morgan fingerprint density at radius 2 is 1.81 bits per heavy atom. The van der Waals surface area contributed by atoms with Crippen molar-refractivity contribution in [1.82, 2.24) is 0 Å². The van der Waals surface area contributed by atoms with Gasteiger partial charge >= 0.3 is 5.97 Å². The molecule has 4 heteroatoms. The lowest BCUT2D eigenvalue weighted by atomic mass is 10.0. The van der Waals surface area contributed by atoms with Gasteiger partial charge in [-0.15, -0.1) is 0 Å². The molecular weight excluding hydrogens is 266 g/mol. The number of aryl methyl sites for hydroxylation is 2. The van der Waals surface area contributed by atoms with E-state index in [1.165, 1.54) is 6.07 Å². The molecule has 0 aromatic heterocycles. The van der Waals surface area contributed by atoms with Crippen LogP contribution in [0, 0.1) is 13.8 Å². The molecule has 0 spiro atoms. The molecule has 4 nitrogen and oxygen atoms in total. The lowest BCUT2D eigenvalue weighted by molar-refractivity contribution is -0.115. The first kappa shape index (κ1) is 14.8. The predicted octanol–water partition coefficient (Wildman–Crippen LogP) is 3.18. The van der Waals surface area contributed by atoms with Crippen molar-refractivity contribution in [2.45, 2.75) is 20.3 Å². The third-order valence-electron chi connectivity index (χ3n) is 3.25. The van der Waals surface area contributed by atoms with E-state index >= 15 is 0 Å². The third-order valence-corrected chi connectivity index (χ3v) is 3.25. The molecule has 2 N–H and O–H groups in total. The molecule has 0 aliphatic carbocycles. The number of benzene rings is 2. The van der Waals surface area contributed by atoms with E-state index in [1.807, 2.05) is 32.0 Å². The number of carboxylic acids is 1. The Labute approximate surface area is 123 Å². The average Bonchev–Trinajstić information content (AvgIpc) is 2.42. The van der Waals surface area contributed by atoms with Gasteiger partial charge in [0.25, 0.3) is 0 Å². The van der Waals surface area contributed by atoms with Crippen molar-refractivity contribution in [3.63, 3.8) is 0 Å². The maximum absolute atomic E-state index is 12.1. The van der Waals surface area contributed by atoms with Crippen LogP contribution in [0.25, 0.3) is 0 Å². The van der Waals surface area contributed by atoms with Crippen LogP contribution in [0.1, 0.15) is 27.0 Å². The number of hydrogen-bond donors (Lipinski definition) is 2. The molecule has 1 amide bonds. The number of anilines is 1. The second-order valence-corrected chi connectivity index (χ2v) is 5.01. The fourth-order valence-corrected chi connectivity index (χ4v) is 2.20. The van der Waals surface area contributed by atoms with Crippen molar-refractivity contribution in [2.75, 3.05) is 5.32 Å². The number of carbonyl (C=O) groups excluding carboxylic acids is 1. The third kappa shape index (κ3) is 3.69. The zero-order chi connectivity index (χ0) is 15.4. The summed E-state index contributed by atoms with van der Waals surface area (Å²) in [6.45, 7) is 3.91. The van der Waals surface area contributed by atoms with Crippen molar-refractivity contribution < 1.29 is 14.7 Å². The van der Waals surface area contributed by atoms with Crippen LogP contribution in [0.2, 0.25) is 0 Å². The molecule has 0 aliphatic rings. The first-order valence-electron chi connectivity index (χ1n) is 6.65. The van der Waals surface area contributed by atoms with E-state index in [0.29, 0.717) is 5.56 Å². The predicted molar refractivity (Wildman–Crippen MR) is 81.7 cm³/mol. The Hall–Kier alpha value is -2.62. The van der Waals surface area contributed by atoms with Gasteiger partial charge in [0.05, 0.1) is 12.0 Å². The van der Waals surface area contributed by atoms with Crippen LogP contribution in [-0.4, -0.2) is 17.0 Å². The van der Waals surface area contributed by atoms with Gasteiger partial charge in [0, 0.05) is 5.69 Å². The number of hydrogen-bond acceptors (Lipinski definition) is 2. The Balaban J connectivity index is 2.14. The summed E-state index contributed by atoms with van der Waals surface area (Å²) < 4.78 is 0. The molecule has 0 fully saturated rings. The van der Waals surface area contributed by atoms with Crippen LogP contribution in [-0.2, 0) is 11.2 Å². The van der Waals surface area contributed by atoms with Crippen molar-refractivity contribution in [3.05, 3.63) is 64.7 Å². The van der Waals surface area contributed by atoms with Crippen LogP contribution in [0.5, 0.6) is 0 Å². The Morgan fingerprint density at radius 1 is 1.10 bits per heavy atom. The van der Waals surface area contributed by atoms with Gasteiger partial charge < -0.3 is 10.4 Å². The number of amides is 1. The smallest absolute Gasteiger partial charge is 0.335 e. The summed E-state index contributed by atoms with van der Waals surface area (Å²) in [7, 11) is 0. The van der Waals surface area contributed by atoms with Crippen molar-refractivity contribution >= 4 is 17.6 Å². The lowest BCUT2D eigenvalue weighted by Gasteiger charge is -2.10. The van der Waals surface area contributed by atoms with Gasteiger partial charge in [-0.05, 0) is 37.1 Å². The summed E-state index contributed by atoms with van der Waals surface area (Å²) in [4.78, 5) is 23.2. The second kappa shape index (κ2) is 6.22. The number of nitrogens with one attached hydrogen (secondary N) is 1. The standard InChI is InChI=1S/C17H17NO3/c1-11-7-8-15(12(2)9-11)18-16(19)10-13-5-3-4-6-14(13)17(20)21/h3-9H,10H2,1-2H3,(H,18,19)(H,20,21). The van der Waals surface area contributed by atoms with Gasteiger partial charge in [-0.3, -0.25) is 4.79 Å². The molecule has 108 valence electrons. The SMILES string of the molecule is Cc1ccc(NC(=O)Cc2ccccc2C(=O)O)c(C)c1. The van der Waals surface area contributed by atoms with Crippen LogP contribution in [0.3, 0.4) is 0 Å². The van der Waals surface area contributed by atoms with Gasteiger partial charge in [0.15, 0.2) is 0 Å². The Bertz CT molecular complexity index is 692. The molecule has 21 heavy (non-hydrogen) atoms. The highest BCUT2D eigenvalue weighted by Crippen LogP contribution is 2.17. The molecule has 0 aliphatic heterocycles. The van der Waals surface area contributed by atoms with E-state index in [2.05, 4.69) is 5.32 Å². The largest absolute Gasteiger partial charge is 0.478 e.